The molecule has 1 fully saturated rings. The number of β-lactam (4-membered cyclic amide) rings is 1. The third-order valence-electron chi connectivity index (χ3n) is 4.54. The molecule has 0 bridgehead atoms. The Hall–Kier alpha value is -2.79. The van der Waals surface area contributed by atoms with E-state index in [0.29, 0.717) is 0 Å². The van der Waals surface area contributed by atoms with Gasteiger partial charge in [-0.15, -0.1) is 11.8 Å². The molecule has 0 aromatic carbocycles. The first kappa shape index (κ1) is 29.4. The van der Waals surface area contributed by atoms with Gasteiger partial charge in [-0.2, -0.15) is 9.36 Å². The molecule has 1 unspecified atom stereocenters. The predicted molar refractivity (Wildman–Crippen MR) is 120 cm³/mol. The molecular weight excluding hydrogens is 527 g/mol. The summed E-state index contributed by atoms with van der Waals surface area (Å²) in [5, 5.41) is 17.3. The van der Waals surface area contributed by atoms with Crippen LogP contribution in [0.3, 0.4) is 0 Å². The first-order valence-corrected chi connectivity index (χ1v) is 11.7. The van der Waals surface area contributed by atoms with E-state index in [4.69, 9.17) is 15.3 Å². The monoisotopic (exact) mass is 546 g/mol. The van der Waals surface area contributed by atoms with E-state index in [2.05, 4.69) is 26.4 Å². The number of nitrogen functional groups attached to an aromatic ring is 1. The normalized spacial score (nSPS) is 18.9. The number of carbonyl (C=O) groups is 5. The summed E-state index contributed by atoms with van der Waals surface area (Å²) in [6, 6.07) is -1.09. The number of ketones is 1. The minimum atomic E-state index is -1.65. The predicted octanol–water partition coefficient (Wildman–Crippen LogP) is -5.04. The van der Waals surface area contributed by atoms with Crippen LogP contribution in [0.4, 0.5) is 5.13 Å². The van der Waals surface area contributed by atoms with E-state index < -0.39 is 59.7 Å². The number of nitrogens with zero attached hydrogens (tertiary/aromatic N) is 4. The number of carboxylic acids is 1. The molecule has 1 aromatic heterocycles. The van der Waals surface area contributed by atoms with E-state index in [1.807, 2.05) is 0 Å². The summed E-state index contributed by atoms with van der Waals surface area (Å²) >= 11 is 1.97. The number of hydrogen-bond donors (Lipinski definition) is 2. The van der Waals surface area contributed by atoms with Gasteiger partial charge in [0.25, 0.3) is 11.8 Å². The molecular formula is C19H19N6NaO8S2. The van der Waals surface area contributed by atoms with Gasteiger partial charge in [0.15, 0.2) is 5.13 Å². The van der Waals surface area contributed by atoms with Gasteiger partial charge >= 0.3 is 35.5 Å². The number of aromatic nitrogens is 2. The summed E-state index contributed by atoms with van der Waals surface area (Å²) < 4.78 is 8.86. The topological polar surface area (TPSA) is 206 Å². The van der Waals surface area contributed by atoms with Crippen molar-refractivity contribution in [3.05, 3.63) is 29.7 Å². The number of esters is 1. The Bertz CT molecular complexity index is 1150. The molecule has 2 amide bonds. The molecule has 2 aliphatic rings. The average Bonchev–Trinajstić information content (AvgIpc) is 3.23. The first-order valence-electron chi connectivity index (χ1n) is 9.88. The van der Waals surface area contributed by atoms with Gasteiger partial charge < -0.3 is 30.5 Å². The molecule has 1 aromatic rings. The maximum atomic E-state index is 12.8. The smallest absolute Gasteiger partial charge is 0.543 e. The van der Waals surface area contributed by atoms with Crippen molar-refractivity contribution >= 4 is 63.7 Å². The number of hydrogen-bond acceptors (Lipinski definition) is 14. The number of ether oxygens (including phenoxy) is 1. The van der Waals surface area contributed by atoms with E-state index in [9.17, 15) is 29.1 Å². The second-order valence-corrected chi connectivity index (χ2v) is 9.01. The number of oxime groups is 1. The third kappa shape index (κ3) is 6.70. The summed E-state index contributed by atoms with van der Waals surface area (Å²) in [5.74, 6) is -4.48. The molecule has 0 radical (unpaired) electrons. The van der Waals surface area contributed by atoms with Gasteiger partial charge in [0.2, 0.25) is 11.5 Å². The number of amides is 2. The van der Waals surface area contributed by atoms with Gasteiger partial charge in [-0.3, -0.25) is 24.1 Å². The van der Waals surface area contributed by atoms with Crippen LogP contribution in [0.2, 0.25) is 0 Å². The second kappa shape index (κ2) is 13.0. The van der Waals surface area contributed by atoms with Gasteiger partial charge in [0.1, 0.15) is 36.8 Å². The zero-order valence-electron chi connectivity index (χ0n) is 19.2. The number of nitrogens with one attached hydrogen (secondary N) is 1. The minimum absolute atomic E-state index is 0. The number of thioether (sulfide) groups is 1. The van der Waals surface area contributed by atoms with E-state index in [0.717, 1.165) is 28.2 Å². The van der Waals surface area contributed by atoms with Crippen molar-refractivity contribution in [1.29, 1.82) is 0 Å². The second-order valence-electron chi connectivity index (χ2n) is 7.12. The van der Waals surface area contributed by atoms with Crippen molar-refractivity contribution in [2.24, 2.45) is 5.16 Å². The molecule has 14 nitrogen and oxygen atoms in total. The number of Topliss-reactive ketones (excluding diaryl/α,β-unsaturated/α-hetero) is 1. The minimum Gasteiger partial charge on any atom is -0.543 e. The molecule has 0 spiro atoms. The molecule has 186 valence electrons. The SMILES string of the molecule is C=CCON=C(C(=O)NC1C(=O)N2C(C(=O)[O-])=C(COC(=O)CC(C)=O)CS[C@H]12)c1nsc(N)n1.[Na+]. The summed E-state index contributed by atoms with van der Waals surface area (Å²) in [7, 11) is 0. The fourth-order valence-electron chi connectivity index (χ4n) is 3.08. The van der Waals surface area contributed by atoms with Crippen molar-refractivity contribution in [3.8, 4) is 0 Å². The molecule has 0 aliphatic carbocycles. The van der Waals surface area contributed by atoms with Crippen molar-refractivity contribution in [2.45, 2.75) is 24.8 Å². The van der Waals surface area contributed by atoms with Crippen LogP contribution < -0.4 is 45.7 Å². The fraction of sp³-hybridized carbons (Fsp3) is 0.368. The van der Waals surface area contributed by atoms with E-state index in [-0.39, 0.29) is 64.2 Å². The summed E-state index contributed by atoms with van der Waals surface area (Å²) in [5.41, 5.74) is 4.91. The molecule has 3 heterocycles. The zero-order valence-corrected chi connectivity index (χ0v) is 22.8. The van der Waals surface area contributed by atoms with Crippen LogP contribution >= 0.6 is 23.3 Å². The molecule has 0 saturated carbocycles. The summed E-state index contributed by atoms with van der Waals surface area (Å²) in [6.07, 6.45) is 0.941. The third-order valence-corrected chi connectivity index (χ3v) is 6.43. The van der Waals surface area contributed by atoms with Crippen LogP contribution in [0.25, 0.3) is 0 Å². The Balaban J connectivity index is 0.00000456. The maximum Gasteiger partial charge on any atom is 1.00 e. The van der Waals surface area contributed by atoms with Crippen LogP contribution in [0.5, 0.6) is 0 Å². The van der Waals surface area contributed by atoms with Crippen molar-refractivity contribution in [2.75, 3.05) is 24.7 Å². The van der Waals surface area contributed by atoms with Crippen LogP contribution in [0.1, 0.15) is 19.2 Å². The van der Waals surface area contributed by atoms with E-state index >= 15 is 0 Å². The number of rotatable bonds is 11. The average molecular weight is 547 g/mol. The number of carboxylic acid groups (broad SMARTS) is 1. The van der Waals surface area contributed by atoms with Gasteiger partial charge in [0, 0.05) is 22.9 Å². The van der Waals surface area contributed by atoms with E-state index in [1.165, 1.54) is 13.0 Å². The van der Waals surface area contributed by atoms with Gasteiger partial charge in [-0.05, 0) is 6.92 Å². The molecule has 1 saturated heterocycles. The van der Waals surface area contributed by atoms with Gasteiger partial charge in [-0.25, -0.2) is 0 Å². The van der Waals surface area contributed by atoms with Crippen LogP contribution in [-0.2, 0) is 33.5 Å². The Kier molecular flexibility index (Phi) is 10.6. The Morgan fingerprint density at radius 2 is 2.11 bits per heavy atom. The zero-order chi connectivity index (χ0) is 25.7. The van der Waals surface area contributed by atoms with Crippen LogP contribution in [-0.4, -0.2) is 79.9 Å². The Labute approximate surface area is 234 Å². The maximum absolute atomic E-state index is 12.8. The Morgan fingerprint density at radius 1 is 1.39 bits per heavy atom. The molecule has 3 rings (SSSR count). The van der Waals surface area contributed by atoms with Gasteiger partial charge in [-0.1, -0.05) is 17.8 Å². The molecule has 36 heavy (non-hydrogen) atoms. The quantitative estimate of drug-likeness (QED) is 0.0391. The van der Waals surface area contributed by atoms with Gasteiger partial charge in [0.05, 0.1) is 11.7 Å². The molecule has 17 heteroatoms. The number of fused-ring (bicyclic) bond motifs is 1. The molecule has 2 aliphatic heterocycles. The molecule has 2 atom stereocenters. The van der Waals surface area contributed by atoms with Crippen LogP contribution in [0, 0.1) is 0 Å². The largest absolute Gasteiger partial charge is 1.00 e. The molecule has 3 N–H and O–H groups in total. The Morgan fingerprint density at radius 3 is 2.69 bits per heavy atom. The number of nitrogens with two attached hydrogens (primary N) is 1. The number of aliphatic carboxylic acids is 1. The van der Waals surface area contributed by atoms with Crippen LogP contribution in [0.15, 0.2) is 29.1 Å². The summed E-state index contributed by atoms with van der Waals surface area (Å²) in [6.45, 7) is 4.25. The van der Waals surface area contributed by atoms with Crippen molar-refractivity contribution in [3.63, 3.8) is 0 Å². The van der Waals surface area contributed by atoms with E-state index in [1.54, 1.807) is 0 Å². The first-order chi connectivity index (χ1) is 16.6. The summed E-state index contributed by atoms with van der Waals surface area (Å²) in [4.78, 5) is 69.9. The number of carbonyl (C=O) groups excluding carboxylic acids is 5. The number of anilines is 1. The van der Waals surface area contributed by atoms with Crippen molar-refractivity contribution in [1.82, 2.24) is 19.6 Å². The van der Waals surface area contributed by atoms with Crippen molar-refractivity contribution < 1.29 is 68.2 Å². The fourth-order valence-corrected chi connectivity index (χ4v) is 4.85. The standard InChI is InChI=1S/C19H20N6O8S2.Na/c1-3-4-33-23-11(14-22-19(20)35-24-14)15(28)21-12-16(29)25-13(18(30)31)9(7-34-17(12)25)6-32-10(27)5-8(2)26;/h3,12,17H,1,4-7H2,2H3,(H,21,28)(H,30,31)(H2,20,22,24);/q;+1/p-1/t12?,17-;/m1./s1.